The average Bonchev–Trinajstić information content (AvgIpc) is 3.45. The van der Waals surface area contributed by atoms with Crippen LogP contribution >= 0.6 is 0 Å². The molecule has 2 aromatic heterocycles. The molecule has 0 aliphatic carbocycles. The number of nitrogens with zero attached hydrogens (tertiary/aromatic N) is 4. The van der Waals surface area contributed by atoms with E-state index in [-0.39, 0.29) is 11.1 Å². The highest BCUT2D eigenvalue weighted by Gasteiger charge is 2.47. The van der Waals surface area contributed by atoms with Crippen molar-refractivity contribution in [3.63, 3.8) is 0 Å². The number of aromatic carboxylic acids is 1. The molecule has 2 saturated heterocycles. The van der Waals surface area contributed by atoms with Crippen molar-refractivity contribution >= 4 is 23.4 Å². The number of carbonyl (C=O) groups excluding carboxylic acids is 1. The SMILES string of the molecule is Cc1cccn2c(-c3cc(F)c(F)cc3F)c(CN3CCC4(CC3)CN(c3ccc(C(=O)O)cc3)C(=O)O4)nc12. The minimum atomic E-state index is -1.26. The van der Waals surface area contributed by atoms with Gasteiger partial charge in [0.25, 0.3) is 0 Å². The van der Waals surface area contributed by atoms with Crippen molar-refractivity contribution in [2.45, 2.75) is 31.9 Å². The Morgan fingerprint density at radius 3 is 2.45 bits per heavy atom. The number of aromatic nitrogens is 2. The maximum Gasteiger partial charge on any atom is 0.415 e. The first-order valence-electron chi connectivity index (χ1n) is 12.8. The molecule has 4 heterocycles. The average molecular weight is 551 g/mol. The third kappa shape index (κ3) is 4.45. The number of pyridine rings is 1. The summed E-state index contributed by atoms with van der Waals surface area (Å²) in [5, 5.41) is 9.13. The van der Waals surface area contributed by atoms with Crippen molar-refractivity contribution in [3.8, 4) is 11.3 Å². The number of anilines is 1. The first kappa shape index (κ1) is 25.9. The lowest BCUT2D eigenvalue weighted by Gasteiger charge is -2.37. The number of aryl methyl sites for hydroxylation is 1. The normalized spacial score (nSPS) is 17.1. The first-order chi connectivity index (χ1) is 19.1. The van der Waals surface area contributed by atoms with Crippen LogP contribution in [0.4, 0.5) is 23.7 Å². The molecule has 1 amide bonds. The van der Waals surface area contributed by atoms with Crippen LogP contribution in [-0.4, -0.2) is 56.7 Å². The van der Waals surface area contributed by atoms with Crippen molar-refractivity contribution in [2.75, 3.05) is 24.5 Å². The standard InChI is InChI=1S/C29H25F3N4O4/c1-17-3-2-10-35-25(20-13-22(31)23(32)14-21(20)30)24(33-26(17)35)15-34-11-8-29(9-12-34)16-36(28(39)40-29)19-6-4-18(5-7-19)27(37)38/h2-7,10,13-14H,8-9,11-12,15-16H2,1H3,(H,37,38). The molecule has 1 spiro atoms. The van der Waals surface area contributed by atoms with Gasteiger partial charge in [-0.2, -0.15) is 0 Å². The number of imidazole rings is 1. The van der Waals surface area contributed by atoms with Crippen LogP contribution in [0.2, 0.25) is 0 Å². The number of amides is 1. The van der Waals surface area contributed by atoms with E-state index in [1.165, 1.54) is 17.0 Å². The number of carboxylic acids is 1. The van der Waals surface area contributed by atoms with E-state index in [0.29, 0.717) is 67.8 Å². The number of rotatable bonds is 5. The van der Waals surface area contributed by atoms with E-state index in [4.69, 9.17) is 14.8 Å². The molecule has 2 aromatic carbocycles. The minimum absolute atomic E-state index is 0.0743. The second-order valence-corrected chi connectivity index (χ2v) is 10.3. The molecule has 0 radical (unpaired) electrons. The molecule has 0 saturated carbocycles. The predicted molar refractivity (Wildman–Crippen MR) is 140 cm³/mol. The molecule has 0 atom stereocenters. The number of carboxylic acid groups (broad SMARTS) is 1. The molecule has 2 fully saturated rings. The van der Waals surface area contributed by atoms with Gasteiger partial charge in [0.1, 0.15) is 17.1 Å². The summed E-state index contributed by atoms with van der Waals surface area (Å²) in [5.74, 6) is -4.33. The Balaban J connectivity index is 1.23. The molecular formula is C29H25F3N4O4. The highest BCUT2D eigenvalue weighted by atomic mass is 19.2. The van der Waals surface area contributed by atoms with Crippen molar-refractivity contribution in [2.24, 2.45) is 0 Å². The minimum Gasteiger partial charge on any atom is -0.478 e. The summed E-state index contributed by atoms with van der Waals surface area (Å²) in [6, 6.07) is 11.1. The van der Waals surface area contributed by atoms with Gasteiger partial charge in [0.15, 0.2) is 11.6 Å². The fourth-order valence-electron chi connectivity index (χ4n) is 5.55. The van der Waals surface area contributed by atoms with Crippen molar-refractivity contribution in [1.82, 2.24) is 14.3 Å². The number of hydrogen-bond acceptors (Lipinski definition) is 5. The van der Waals surface area contributed by atoms with Crippen molar-refractivity contribution < 1.29 is 32.6 Å². The predicted octanol–water partition coefficient (Wildman–Crippen LogP) is 5.42. The van der Waals surface area contributed by atoms with Crippen LogP contribution in [0.1, 0.15) is 34.5 Å². The smallest absolute Gasteiger partial charge is 0.415 e. The summed E-state index contributed by atoms with van der Waals surface area (Å²) in [7, 11) is 0. The second-order valence-electron chi connectivity index (χ2n) is 10.3. The molecule has 0 unspecified atom stereocenters. The van der Waals surface area contributed by atoms with E-state index in [0.717, 1.165) is 11.6 Å². The molecule has 0 bridgehead atoms. The van der Waals surface area contributed by atoms with Gasteiger partial charge in [-0.3, -0.25) is 14.2 Å². The van der Waals surface area contributed by atoms with E-state index in [1.807, 2.05) is 13.0 Å². The number of hydrogen-bond donors (Lipinski definition) is 1. The maximum absolute atomic E-state index is 14.9. The third-order valence-corrected chi connectivity index (χ3v) is 7.72. The van der Waals surface area contributed by atoms with Crippen LogP contribution in [0.3, 0.4) is 0 Å². The molecule has 11 heteroatoms. The van der Waals surface area contributed by atoms with Gasteiger partial charge in [-0.25, -0.2) is 27.7 Å². The summed E-state index contributed by atoms with van der Waals surface area (Å²) in [5.41, 5.74) is 2.26. The van der Waals surface area contributed by atoms with Crippen LogP contribution in [0.5, 0.6) is 0 Å². The summed E-state index contributed by atoms with van der Waals surface area (Å²) in [6.45, 7) is 3.67. The fraction of sp³-hybridized carbons (Fsp3) is 0.276. The molecule has 206 valence electrons. The van der Waals surface area contributed by atoms with E-state index in [9.17, 15) is 22.8 Å². The molecular weight excluding hydrogens is 525 g/mol. The Bertz CT molecular complexity index is 1650. The highest BCUT2D eigenvalue weighted by Crippen LogP contribution is 2.37. The summed E-state index contributed by atoms with van der Waals surface area (Å²) in [4.78, 5) is 32.2. The molecule has 4 aromatic rings. The van der Waals surface area contributed by atoms with Gasteiger partial charge in [-0.1, -0.05) is 6.07 Å². The number of piperidine rings is 1. The topological polar surface area (TPSA) is 87.4 Å². The lowest BCUT2D eigenvalue weighted by atomic mass is 9.91. The maximum atomic E-state index is 14.9. The summed E-state index contributed by atoms with van der Waals surface area (Å²) in [6.07, 6.45) is 2.33. The number of benzene rings is 2. The lowest BCUT2D eigenvalue weighted by molar-refractivity contribution is -0.00117. The summed E-state index contributed by atoms with van der Waals surface area (Å²) < 4.78 is 50.3. The number of ether oxygens (including phenoxy) is 1. The zero-order valence-electron chi connectivity index (χ0n) is 21.5. The Labute approximate surface area is 227 Å². The summed E-state index contributed by atoms with van der Waals surface area (Å²) >= 11 is 0. The van der Waals surface area contributed by atoms with Crippen LogP contribution in [-0.2, 0) is 11.3 Å². The van der Waals surface area contributed by atoms with Gasteiger partial charge in [-0.15, -0.1) is 0 Å². The van der Waals surface area contributed by atoms with Crippen LogP contribution in [0, 0.1) is 24.4 Å². The number of halogens is 3. The zero-order valence-corrected chi connectivity index (χ0v) is 21.5. The molecule has 40 heavy (non-hydrogen) atoms. The van der Waals surface area contributed by atoms with Crippen LogP contribution < -0.4 is 4.90 Å². The van der Waals surface area contributed by atoms with Crippen molar-refractivity contribution in [1.29, 1.82) is 0 Å². The molecule has 2 aliphatic rings. The van der Waals surface area contributed by atoms with E-state index in [2.05, 4.69) is 4.90 Å². The number of carbonyl (C=O) groups is 2. The molecule has 6 rings (SSSR count). The van der Waals surface area contributed by atoms with Crippen molar-refractivity contribution in [3.05, 3.63) is 89.0 Å². The van der Waals surface area contributed by atoms with E-state index < -0.39 is 35.1 Å². The van der Waals surface area contributed by atoms with Crippen LogP contribution in [0.15, 0.2) is 54.7 Å². The Kier molecular flexibility index (Phi) is 6.25. The molecule has 8 nitrogen and oxygen atoms in total. The highest BCUT2D eigenvalue weighted by molar-refractivity contribution is 5.92. The number of likely N-dealkylation sites (tertiary alicyclic amines) is 1. The van der Waals surface area contributed by atoms with Crippen LogP contribution in [0.25, 0.3) is 16.9 Å². The van der Waals surface area contributed by atoms with Gasteiger partial charge in [0.05, 0.1) is 23.5 Å². The molecule has 1 N–H and O–H groups in total. The second kappa shape index (κ2) is 9.67. The van der Waals surface area contributed by atoms with Gasteiger partial charge >= 0.3 is 12.1 Å². The Morgan fingerprint density at radius 2 is 1.75 bits per heavy atom. The zero-order chi connectivity index (χ0) is 28.2. The van der Waals surface area contributed by atoms with Gasteiger partial charge in [-0.05, 0) is 48.9 Å². The monoisotopic (exact) mass is 550 g/mol. The largest absolute Gasteiger partial charge is 0.478 e. The Morgan fingerprint density at radius 1 is 1.05 bits per heavy atom. The Hall–Kier alpha value is -4.38. The first-order valence-corrected chi connectivity index (χ1v) is 12.8. The molecule has 2 aliphatic heterocycles. The lowest BCUT2D eigenvalue weighted by Crippen LogP contribution is -2.46. The van der Waals surface area contributed by atoms with E-state index in [1.54, 1.807) is 28.8 Å². The van der Waals surface area contributed by atoms with Gasteiger partial charge in [0, 0.05) is 56.0 Å². The number of fused-ring (bicyclic) bond motifs is 1. The van der Waals surface area contributed by atoms with Gasteiger partial charge < -0.3 is 9.84 Å². The van der Waals surface area contributed by atoms with E-state index >= 15 is 0 Å². The van der Waals surface area contributed by atoms with Gasteiger partial charge in [0.2, 0.25) is 0 Å². The quantitative estimate of drug-likeness (QED) is 0.334. The fourth-order valence-corrected chi connectivity index (χ4v) is 5.55. The third-order valence-electron chi connectivity index (χ3n) is 7.72.